The van der Waals surface area contributed by atoms with Gasteiger partial charge >= 0.3 is 5.97 Å². The van der Waals surface area contributed by atoms with E-state index in [4.69, 9.17) is 5.73 Å². The fourth-order valence-corrected chi connectivity index (χ4v) is 3.34. The van der Waals surface area contributed by atoms with Crippen LogP contribution in [-0.2, 0) is 24.0 Å². The number of carbonyl (C=O) groups excluding carboxylic acids is 4. The van der Waals surface area contributed by atoms with Gasteiger partial charge in [-0.3, -0.25) is 19.2 Å². The van der Waals surface area contributed by atoms with Crippen molar-refractivity contribution in [3.63, 3.8) is 0 Å². The van der Waals surface area contributed by atoms with Crippen LogP contribution in [0.4, 0.5) is 0 Å². The van der Waals surface area contributed by atoms with Crippen LogP contribution in [0.15, 0.2) is 0 Å². The first kappa shape index (κ1) is 26.3. The van der Waals surface area contributed by atoms with Gasteiger partial charge in [0.1, 0.15) is 18.1 Å². The molecule has 0 aliphatic carbocycles. The SMILES string of the molecule is CC(C)CC(NC(=O)C(NC(=O)C1CCCN1)C(C)C)C(=O)NC(CC(N)=O)C(=O)O. The molecule has 1 rings (SSSR count). The molecule has 0 spiro atoms. The van der Waals surface area contributed by atoms with Crippen molar-refractivity contribution in [2.24, 2.45) is 17.6 Å². The molecule has 4 unspecified atom stereocenters. The molecule has 0 aromatic rings. The van der Waals surface area contributed by atoms with Crippen molar-refractivity contribution in [1.29, 1.82) is 0 Å². The van der Waals surface area contributed by atoms with Crippen molar-refractivity contribution < 1.29 is 29.1 Å². The van der Waals surface area contributed by atoms with Crippen molar-refractivity contribution in [3.05, 3.63) is 0 Å². The third-order valence-corrected chi connectivity index (χ3v) is 4.98. The minimum absolute atomic E-state index is 0.00486. The third-order valence-electron chi connectivity index (χ3n) is 4.98. The topological polar surface area (TPSA) is 180 Å². The van der Waals surface area contributed by atoms with E-state index < -0.39 is 48.2 Å². The number of carboxylic acids is 1. The van der Waals surface area contributed by atoms with E-state index in [1.165, 1.54) is 0 Å². The maximum Gasteiger partial charge on any atom is 0.326 e. The highest BCUT2D eigenvalue weighted by molar-refractivity contribution is 5.95. The molecule has 0 aromatic carbocycles. The largest absolute Gasteiger partial charge is 0.480 e. The molecule has 31 heavy (non-hydrogen) atoms. The van der Waals surface area contributed by atoms with Gasteiger partial charge in [0.05, 0.1) is 12.5 Å². The fraction of sp³-hybridized carbons (Fsp3) is 0.750. The number of nitrogens with one attached hydrogen (secondary N) is 4. The molecule has 0 bridgehead atoms. The van der Waals surface area contributed by atoms with E-state index in [0.29, 0.717) is 6.42 Å². The van der Waals surface area contributed by atoms with Crippen molar-refractivity contribution in [2.75, 3.05) is 6.54 Å². The zero-order chi connectivity index (χ0) is 23.7. The maximum absolute atomic E-state index is 12.9. The first-order valence-electron chi connectivity index (χ1n) is 10.6. The first-order valence-corrected chi connectivity index (χ1v) is 10.6. The first-order chi connectivity index (χ1) is 14.4. The highest BCUT2D eigenvalue weighted by Crippen LogP contribution is 2.10. The summed E-state index contributed by atoms with van der Waals surface area (Å²) in [7, 11) is 0. The summed E-state index contributed by atoms with van der Waals surface area (Å²) < 4.78 is 0. The molecule has 1 aliphatic rings. The van der Waals surface area contributed by atoms with Crippen molar-refractivity contribution in [1.82, 2.24) is 21.3 Å². The lowest BCUT2D eigenvalue weighted by Gasteiger charge is -2.27. The zero-order valence-corrected chi connectivity index (χ0v) is 18.6. The molecule has 7 N–H and O–H groups in total. The number of carboxylic acid groups (broad SMARTS) is 1. The van der Waals surface area contributed by atoms with Crippen LogP contribution in [0.5, 0.6) is 0 Å². The fourth-order valence-electron chi connectivity index (χ4n) is 3.34. The second-order valence-corrected chi connectivity index (χ2v) is 8.64. The zero-order valence-electron chi connectivity index (χ0n) is 18.6. The van der Waals surface area contributed by atoms with Crippen molar-refractivity contribution in [3.8, 4) is 0 Å². The molecule has 11 nitrogen and oxygen atoms in total. The molecule has 4 amide bonds. The Balaban J connectivity index is 2.89. The van der Waals surface area contributed by atoms with E-state index in [1.807, 2.05) is 13.8 Å². The Labute approximate surface area is 182 Å². The van der Waals surface area contributed by atoms with Gasteiger partial charge in [0.2, 0.25) is 23.6 Å². The summed E-state index contributed by atoms with van der Waals surface area (Å²) in [5.74, 6) is -4.06. The van der Waals surface area contributed by atoms with Gasteiger partial charge in [-0.1, -0.05) is 27.7 Å². The molecule has 4 atom stereocenters. The van der Waals surface area contributed by atoms with E-state index in [2.05, 4.69) is 21.3 Å². The molecule has 1 fully saturated rings. The minimum atomic E-state index is -1.49. The predicted octanol–water partition coefficient (Wildman–Crippen LogP) is -1.15. The Morgan fingerprint density at radius 3 is 2.06 bits per heavy atom. The van der Waals surface area contributed by atoms with Gasteiger partial charge in [-0.2, -0.15) is 0 Å². The predicted molar refractivity (Wildman–Crippen MR) is 113 cm³/mol. The number of hydrogen-bond donors (Lipinski definition) is 6. The average Bonchev–Trinajstić information content (AvgIpc) is 3.18. The Morgan fingerprint density at radius 2 is 1.61 bits per heavy atom. The van der Waals surface area contributed by atoms with E-state index in [9.17, 15) is 29.1 Å². The number of aliphatic carboxylic acids is 1. The Morgan fingerprint density at radius 1 is 1.00 bits per heavy atom. The summed E-state index contributed by atoms with van der Waals surface area (Å²) in [5, 5.41) is 19.9. The second kappa shape index (κ2) is 12.2. The molecule has 1 heterocycles. The minimum Gasteiger partial charge on any atom is -0.480 e. The monoisotopic (exact) mass is 441 g/mol. The highest BCUT2D eigenvalue weighted by Gasteiger charge is 2.33. The molecule has 0 saturated carbocycles. The summed E-state index contributed by atoms with van der Waals surface area (Å²) >= 11 is 0. The number of rotatable bonds is 12. The lowest BCUT2D eigenvalue weighted by molar-refractivity contribution is -0.144. The molecular weight excluding hydrogens is 406 g/mol. The normalized spacial score (nSPS) is 18.8. The van der Waals surface area contributed by atoms with Crippen LogP contribution in [0.2, 0.25) is 0 Å². The van der Waals surface area contributed by atoms with E-state index in [1.54, 1.807) is 13.8 Å². The van der Waals surface area contributed by atoms with Crippen LogP contribution >= 0.6 is 0 Å². The van der Waals surface area contributed by atoms with E-state index in [-0.39, 0.29) is 30.2 Å². The summed E-state index contributed by atoms with van der Waals surface area (Å²) in [5.41, 5.74) is 5.05. The van der Waals surface area contributed by atoms with Gasteiger partial charge in [0, 0.05) is 0 Å². The number of amides is 4. The number of nitrogens with two attached hydrogens (primary N) is 1. The molecule has 0 radical (unpaired) electrons. The lowest BCUT2D eigenvalue weighted by Crippen LogP contribution is -2.58. The van der Waals surface area contributed by atoms with Crippen LogP contribution in [0.3, 0.4) is 0 Å². The summed E-state index contributed by atoms with van der Waals surface area (Å²) in [4.78, 5) is 60.5. The van der Waals surface area contributed by atoms with Gasteiger partial charge in [-0.15, -0.1) is 0 Å². The molecule has 1 saturated heterocycles. The average molecular weight is 442 g/mol. The van der Waals surface area contributed by atoms with E-state index >= 15 is 0 Å². The van der Waals surface area contributed by atoms with Crippen molar-refractivity contribution >= 4 is 29.6 Å². The maximum atomic E-state index is 12.9. The van der Waals surface area contributed by atoms with Gasteiger partial charge in [-0.05, 0) is 37.6 Å². The number of primary amides is 1. The van der Waals surface area contributed by atoms with Crippen LogP contribution in [-0.4, -0.2) is 65.4 Å². The van der Waals surface area contributed by atoms with Gasteiger partial charge in [0.15, 0.2) is 0 Å². The summed E-state index contributed by atoms with van der Waals surface area (Å²) in [6.07, 6.45) is 1.24. The number of carbonyl (C=O) groups is 5. The van der Waals surface area contributed by atoms with Gasteiger partial charge in [-0.25, -0.2) is 4.79 Å². The smallest absolute Gasteiger partial charge is 0.326 e. The van der Waals surface area contributed by atoms with Crippen LogP contribution < -0.4 is 27.0 Å². The Bertz CT molecular complexity index is 675. The standard InChI is InChI=1S/C20H35N5O6/c1-10(2)8-13(18(28)24-14(20(30)31)9-15(21)26)23-19(29)16(11(3)4)25-17(27)12-6-5-7-22-12/h10-14,16,22H,5-9H2,1-4H3,(H2,21,26)(H,23,29)(H,24,28)(H,25,27)(H,30,31). The van der Waals surface area contributed by atoms with Crippen LogP contribution in [0.1, 0.15) is 53.4 Å². The summed E-state index contributed by atoms with van der Waals surface area (Å²) in [6, 6.07) is -3.75. The van der Waals surface area contributed by atoms with E-state index in [0.717, 1.165) is 13.0 Å². The Hall–Kier alpha value is -2.69. The van der Waals surface area contributed by atoms with Crippen LogP contribution in [0, 0.1) is 11.8 Å². The lowest BCUT2D eigenvalue weighted by atomic mass is 9.99. The molecule has 11 heteroatoms. The van der Waals surface area contributed by atoms with Gasteiger partial charge < -0.3 is 32.1 Å². The second-order valence-electron chi connectivity index (χ2n) is 8.64. The van der Waals surface area contributed by atoms with Crippen LogP contribution in [0.25, 0.3) is 0 Å². The number of hydrogen-bond acceptors (Lipinski definition) is 6. The molecule has 0 aromatic heterocycles. The third kappa shape index (κ3) is 8.91. The molecular formula is C20H35N5O6. The molecule has 1 aliphatic heterocycles. The quantitative estimate of drug-likeness (QED) is 0.221. The summed E-state index contributed by atoms with van der Waals surface area (Å²) in [6.45, 7) is 7.98. The van der Waals surface area contributed by atoms with Gasteiger partial charge in [0.25, 0.3) is 0 Å². The Kier molecular flexibility index (Phi) is 10.4. The molecule has 176 valence electrons. The van der Waals surface area contributed by atoms with Crippen molar-refractivity contribution in [2.45, 2.75) is 77.5 Å². The highest BCUT2D eigenvalue weighted by atomic mass is 16.4.